The lowest BCUT2D eigenvalue weighted by Gasteiger charge is -2.05. The maximum absolute atomic E-state index is 12.0. The molecule has 1 aliphatic rings. The number of aryl methyl sites for hydroxylation is 1. The maximum atomic E-state index is 12.0. The van der Waals surface area contributed by atoms with Crippen molar-refractivity contribution in [1.82, 2.24) is 9.78 Å². The van der Waals surface area contributed by atoms with Gasteiger partial charge in [-0.2, -0.15) is 5.10 Å². The second-order valence-electron chi connectivity index (χ2n) is 5.41. The molecule has 1 aromatic carbocycles. The minimum Gasteiger partial charge on any atom is -0.465 e. The molecule has 2 atom stereocenters. The molecule has 0 radical (unpaired) electrons. The van der Waals surface area contributed by atoms with Gasteiger partial charge in [0.25, 0.3) is 0 Å². The Morgan fingerprint density at radius 2 is 2.23 bits per heavy atom. The largest absolute Gasteiger partial charge is 0.465 e. The standard InChI is InChI=1S/C16H16Cl2N2O2/c17-14-4-3-11(9-15(14)18)12-10-13(12)16(21)22-8-2-7-20-6-1-5-19-20/h1,3-6,9,12-13H,2,7-8,10H2. The van der Waals surface area contributed by atoms with Gasteiger partial charge in [0.15, 0.2) is 0 Å². The smallest absolute Gasteiger partial charge is 0.309 e. The van der Waals surface area contributed by atoms with Gasteiger partial charge in [0.05, 0.1) is 22.6 Å². The highest BCUT2D eigenvalue weighted by atomic mass is 35.5. The highest BCUT2D eigenvalue weighted by molar-refractivity contribution is 6.42. The molecule has 3 rings (SSSR count). The van der Waals surface area contributed by atoms with E-state index >= 15 is 0 Å². The lowest BCUT2D eigenvalue weighted by atomic mass is 10.1. The van der Waals surface area contributed by atoms with Crippen molar-refractivity contribution >= 4 is 29.2 Å². The van der Waals surface area contributed by atoms with Crippen LogP contribution in [0.4, 0.5) is 0 Å². The summed E-state index contributed by atoms with van der Waals surface area (Å²) in [5, 5.41) is 5.16. The maximum Gasteiger partial charge on any atom is 0.309 e. The van der Waals surface area contributed by atoms with Crippen LogP contribution < -0.4 is 0 Å². The van der Waals surface area contributed by atoms with E-state index in [-0.39, 0.29) is 17.8 Å². The van der Waals surface area contributed by atoms with Crippen LogP contribution in [-0.2, 0) is 16.1 Å². The number of ether oxygens (including phenoxy) is 1. The molecule has 0 amide bonds. The van der Waals surface area contributed by atoms with Gasteiger partial charge in [-0.1, -0.05) is 29.3 Å². The number of benzene rings is 1. The third kappa shape index (κ3) is 3.62. The zero-order chi connectivity index (χ0) is 15.5. The lowest BCUT2D eigenvalue weighted by Crippen LogP contribution is -2.11. The van der Waals surface area contributed by atoms with Crippen molar-refractivity contribution in [3.8, 4) is 0 Å². The van der Waals surface area contributed by atoms with Gasteiger partial charge in [-0.25, -0.2) is 0 Å². The summed E-state index contributed by atoms with van der Waals surface area (Å²) in [6.07, 6.45) is 5.20. The molecule has 0 bridgehead atoms. The lowest BCUT2D eigenvalue weighted by molar-refractivity contribution is -0.145. The molecule has 6 heteroatoms. The van der Waals surface area contributed by atoms with Crippen LogP contribution in [0.5, 0.6) is 0 Å². The van der Waals surface area contributed by atoms with Crippen LogP contribution in [0.1, 0.15) is 24.3 Å². The van der Waals surface area contributed by atoms with Crippen LogP contribution in [0.25, 0.3) is 0 Å². The number of rotatable bonds is 6. The Morgan fingerprint density at radius 3 is 2.95 bits per heavy atom. The highest BCUT2D eigenvalue weighted by Gasteiger charge is 2.45. The fraction of sp³-hybridized carbons (Fsp3) is 0.375. The van der Waals surface area contributed by atoms with Crippen LogP contribution in [0.2, 0.25) is 10.0 Å². The van der Waals surface area contributed by atoms with Crippen molar-refractivity contribution in [3.05, 3.63) is 52.3 Å². The third-order valence-electron chi connectivity index (χ3n) is 3.80. The summed E-state index contributed by atoms with van der Waals surface area (Å²) in [6, 6.07) is 7.39. The molecule has 1 fully saturated rings. The van der Waals surface area contributed by atoms with E-state index < -0.39 is 0 Å². The van der Waals surface area contributed by atoms with Crippen molar-refractivity contribution in [1.29, 1.82) is 0 Å². The summed E-state index contributed by atoms with van der Waals surface area (Å²) in [4.78, 5) is 12.0. The monoisotopic (exact) mass is 338 g/mol. The van der Waals surface area contributed by atoms with Gasteiger partial charge in [-0.3, -0.25) is 9.48 Å². The Kier molecular flexibility index (Phi) is 4.69. The highest BCUT2D eigenvalue weighted by Crippen LogP contribution is 2.49. The van der Waals surface area contributed by atoms with E-state index in [0.717, 1.165) is 24.9 Å². The van der Waals surface area contributed by atoms with Crippen LogP contribution in [0, 0.1) is 5.92 Å². The normalized spacial score (nSPS) is 19.9. The summed E-state index contributed by atoms with van der Waals surface area (Å²) in [6.45, 7) is 1.17. The topological polar surface area (TPSA) is 44.1 Å². The minimum absolute atomic E-state index is 0.0538. The first-order chi connectivity index (χ1) is 10.6. The number of esters is 1. The number of hydrogen-bond donors (Lipinski definition) is 0. The first kappa shape index (κ1) is 15.4. The van der Waals surface area contributed by atoms with Crippen molar-refractivity contribution in [2.24, 2.45) is 5.92 Å². The molecule has 0 N–H and O–H groups in total. The molecule has 1 heterocycles. The van der Waals surface area contributed by atoms with Gasteiger partial charge in [0.2, 0.25) is 0 Å². The number of carbonyl (C=O) groups excluding carboxylic acids is 1. The Labute approximate surface area is 139 Å². The van der Waals surface area contributed by atoms with Crippen LogP contribution in [-0.4, -0.2) is 22.4 Å². The first-order valence-electron chi connectivity index (χ1n) is 7.24. The molecule has 1 aromatic heterocycles. The molecule has 2 aromatic rings. The molecule has 4 nitrogen and oxygen atoms in total. The Hall–Kier alpha value is -1.52. The molecule has 1 saturated carbocycles. The molecule has 0 saturated heterocycles. The second-order valence-corrected chi connectivity index (χ2v) is 6.23. The predicted octanol–water partition coefficient (Wildman–Crippen LogP) is 3.93. The van der Waals surface area contributed by atoms with Crippen molar-refractivity contribution < 1.29 is 9.53 Å². The van der Waals surface area contributed by atoms with Gasteiger partial charge in [0.1, 0.15) is 0 Å². The predicted molar refractivity (Wildman–Crippen MR) is 85.1 cm³/mol. The van der Waals surface area contributed by atoms with E-state index in [4.69, 9.17) is 27.9 Å². The second kappa shape index (κ2) is 6.71. The Balaban J connectivity index is 1.43. The third-order valence-corrected chi connectivity index (χ3v) is 4.54. The van der Waals surface area contributed by atoms with Crippen molar-refractivity contribution in [2.75, 3.05) is 6.61 Å². The fourth-order valence-electron chi connectivity index (χ4n) is 2.51. The molecule has 1 aliphatic carbocycles. The van der Waals surface area contributed by atoms with Gasteiger partial charge in [0, 0.05) is 25.4 Å². The molecule has 0 aliphatic heterocycles. The molecule has 2 unspecified atom stereocenters. The van der Waals surface area contributed by atoms with E-state index in [1.165, 1.54) is 0 Å². The molecule has 116 valence electrons. The van der Waals surface area contributed by atoms with Crippen molar-refractivity contribution in [3.63, 3.8) is 0 Å². The number of hydrogen-bond acceptors (Lipinski definition) is 3. The van der Waals surface area contributed by atoms with Crippen LogP contribution in [0.3, 0.4) is 0 Å². The van der Waals surface area contributed by atoms with E-state index in [1.807, 2.05) is 29.1 Å². The molecule has 22 heavy (non-hydrogen) atoms. The average molecular weight is 339 g/mol. The zero-order valence-electron chi connectivity index (χ0n) is 11.9. The number of carbonyl (C=O) groups is 1. The molecular formula is C16H16Cl2N2O2. The van der Waals surface area contributed by atoms with Crippen molar-refractivity contribution in [2.45, 2.75) is 25.3 Å². The summed E-state index contributed by atoms with van der Waals surface area (Å²) < 4.78 is 7.15. The number of nitrogens with zero attached hydrogens (tertiary/aromatic N) is 2. The molecule has 0 spiro atoms. The van der Waals surface area contributed by atoms with Gasteiger partial charge >= 0.3 is 5.97 Å². The minimum atomic E-state index is -0.128. The SMILES string of the molecule is O=C(OCCCn1cccn1)C1CC1c1ccc(Cl)c(Cl)c1. The average Bonchev–Trinajstić information content (AvgIpc) is 3.14. The zero-order valence-corrected chi connectivity index (χ0v) is 13.4. The van der Waals surface area contributed by atoms with Gasteiger partial charge in [-0.05, 0) is 36.1 Å². The van der Waals surface area contributed by atoms with Gasteiger partial charge in [-0.15, -0.1) is 0 Å². The van der Waals surface area contributed by atoms with Crippen LogP contribution in [0.15, 0.2) is 36.7 Å². The fourth-order valence-corrected chi connectivity index (χ4v) is 2.81. The molecular weight excluding hydrogens is 323 g/mol. The quantitative estimate of drug-likeness (QED) is 0.592. The van der Waals surface area contributed by atoms with E-state index in [2.05, 4.69) is 5.10 Å². The van der Waals surface area contributed by atoms with Crippen LogP contribution >= 0.6 is 23.2 Å². The van der Waals surface area contributed by atoms with Gasteiger partial charge < -0.3 is 4.74 Å². The number of halogens is 2. The van der Waals surface area contributed by atoms with E-state index in [9.17, 15) is 4.79 Å². The Morgan fingerprint density at radius 1 is 1.36 bits per heavy atom. The summed E-state index contributed by atoms with van der Waals surface area (Å²) in [7, 11) is 0. The summed E-state index contributed by atoms with van der Waals surface area (Å²) in [5.41, 5.74) is 1.05. The summed E-state index contributed by atoms with van der Waals surface area (Å²) >= 11 is 11.9. The van der Waals surface area contributed by atoms with E-state index in [0.29, 0.717) is 16.7 Å². The summed E-state index contributed by atoms with van der Waals surface area (Å²) in [5.74, 6) is 0.0202. The Bertz CT molecular complexity index is 658. The first-order valence-corrected chi connectivity index (χ1v) is 8.00. The van der Waals surface area contributed by atoms with E-state index in [1.54, 1.807) is 12.3 Å². The number of aromatic nitrogens is 2.